The number of hydrogen-bond donors (Lipinski definition) is 0. The average molecular weight is 678 g/mol. The van der Waals surface area contributed by atoms with Gasteiger partial charge >= 0.3 is 264 Å². The summed E-state index contributed by atoms with van der Waals surface area (Å²) in [4.78, 5) is 5.58. The molecular formula is C39H22IN2S-. The van der Waals surface area contributed by atoms with Crippen molar-refractivity contribution in [2.75, 3.05) is 0 Å². The first kappa shape index (κ1) is 24.0. The van der Waals surface area contributed by atoms with Gasteiger partial charge < -0.3 is 0 Å². The molecule has 6 aromatic carbocycles. The van der Waals surface area contributed by atoms with E-state index < -0.39 is 0 Å². The van der Waals surface area contributed by atoms with Crippen molar-refractivity contribution in [1.82, 2.24) is 9.55 Å². The Bertz CT molecular complexity index is 2590. The van der Waals surface area contributed by atoms with E-state index in [0.29, 0.717) is 0 Å². The van der Waals surface area contributed by atoms with Crippen LogP contribution in [0, 0.1) is 7.14 Å². The van der Waals surface area contributed by atoms with Crippen LogP contribution in [-0.4, -0.2) is 9.55 Å². The summed E-state index contributed by atoms with van der Waals surface area (Å²) in [6.07, 6.45) is 0. The molecule has 202 valence electrons. The summed E-state index contributed by atoms with van der Waals surface area (Å²) in [5.74, 6) is 0.985. The van der Waals surface area contributed by atoms with Crippen molar-refractivity contribution in [2.24, 2.45) is 0 Å². The van der Waals surface area contributed by atoms with Gasteiger partial charge in [-0.25, -0.2) is 0 Å². The van der Waals surface area contributed by atoms with E-state index in [2.05, 4.69) is 138 Å². The fourth-order valence-corrected chi connectivity index (χ4v) is 11.3. The van der Waals surface area contributed by atoms with Crippen molar-refractivity contribution in [1.29, 1.82) is 0 Å². The van der Waals surface area contributed by atoms with Gasteiger partial charge in [-0.2, -0.15) is 0 Å². The molecule has 0 bridgehead atoms. The van der Waals surface area contributed by atoms with Crippen LogP contribution in [0.15, 0.2) is 133 Å². The first-order valence-corrected chi connectivity index (χ1v) is 17.4. The van der Waals surface area contributed by atoms with Crippen LogP contribution >= 0.6 is 11.3 Å². The first-order chi connectivity index (χ1) is 21.3. The molecule has 0 spiro atoms. The van der Waals surface area contributed by atoms with E-state index in [-0.39, 0.29) is 21.2 Å². The van der Waals surface area contributed by atoms with Gasteiger partial charge in [-0.3, -0.25) is 0 Å². The Morgan fingerprint density at radius 2 is 1.26 bits per heavy atom. The third-order valence-electron chi connectivity index (χ3n) is 8.73. The second-order valence-corrected chi connectivity index (χ2v) is 14.9. The van der Waals surface area contributed by atoms with Crippen molar-refractivity contribution < 1.29 is 21.2 Å². The molecule has 3 aromatic heterocycles. The summed E-state index contributed by atoms with van der Waals surface area (Å²) >= 11 is 1.58. The Hall–Kier alpha value is -4.52. The Morgan fingerprint density at radius 1 is 0.581 bits per heavy atom. The van der Waals surface area contributed by atoms with E-state index in [1.807, 2.05) is 11.3 Å². The quantitative estimate of drug-likeness (QED) is 0.174. The first-order valence-electron chi connectivity index (χ1n) is 14.5. The van der Waals surface area contributed by atoms with E-state index >= 15 is 0 Å². The minimum absolute atomic E-state index is 0.323. The summed E-state index contributed by atoms with van der Waals surface area (Å²) in [7, 11) is 0. The standard InChI is InChI=1S/C39H22IN2S/c1-2-12-23(13-3-1)37-36-29(24-14-6-9-19-30(24)40-36)22-33(41-37)42-31-20-10-7-17-27(31)34-25-15-4-5-16-26(25)35-28-18-8-11-21-32(28)43-39(35)38(34)42/h1-22H/q-1. The molecular weight excluding hydrogens is 655 g/mol. The van der Waals surface area contributed by atoms with Crippen LogP contribution in [-0.2, 0) is 0 Å². The number of aromatic nitrogens is 2. The predicted octanol–water partition coefficient (Wildman–Crippen LogP) is 7.48. The van der Waals surface area contributed by atoms with Crippen LogP contribution in [0.4, 0.5) is 0 Å². The fourth-order valence-electron chi connectivity index (χ4n) is 6.94. The zero-order valence-corrected chi connectivity index (χ0v) is 25.9. The molecule has 4 heterocycles. The zero-order valence-electron chi connectivity index (χ0n) is 22.9. The Kier molecular flexibility index (Phi) is 5.01. The van der Waals surface area contributed by atoms with Gasteiger partial charge in [0.05, 0.1) is 0 Å². The van der Waals surface area contributed by atoms with Crippen molar-refractivity contribution >= 4 is 64.1 Å². The number of thiophene rings is 1. The SMILES string of the molecule is c1ccc(-c2nc(-n3c4ccccc4c4c5ccccc5c5c6ccccc6sc5c43)cc3c2[I-]c2ccccc2-3)cc1. The second kappa shape index (κ2) is 8.99. The third kappa shape index (κ3) is 3.31. The summed E-state index contributed by atoms with van der Waals surface area (Å²) in [5, 5.41) is 7.85. The number of rotatable bonds is 2. The number of fused-ring (bicyclic) bond motifs is 13. The number of para-hydroxylation sites is 1. The number of hydrogen-bond acceptors (Lipinski definition) is 2. The van der Waals surface area contributed by atoms with E-state index in [1.165, 1.54) is 76.6 Å². The number of benzene rings is 6. The maximum absolute atomic E-state index is 5.58. The molecule has 0 aliphatic carbocycles. The normalized spacial score (nSPS) is 12.7. The molecule has 10 rings (SSSR count). The summed E-state index contributed by atoms with van der Waals surface area (Å²) in [6, 6.07) is 48.8. The van der Waals surface area contributed by atoms with Crippen molar-refractivity contribution in [3.05, 3.63) is 141 Å². The predicted molar refractivity (Wildman–Crippen MR) is 177 cm³/mol. The van der Waals surface area contributed by atoms with Crippen LogP contribution in [0.5, 0.6) is 0 Å². The van der Waals surface area contributed by atoms with Gasteiger partial charge in [0, 0.05) is 0 Å². The summed E-state index contributed by atoms with van der Waals surface area (Å²) in [6.45, 7) is 0. The Labute approximate surface area is 262 Å². The van der Waals surface area contributed by atoms with Crippen LogP contribution in [0.3, 0.4) is 0 Å². The van der Waals surface area contributed by atoms with Gasteiger partial charge in [0.2, 0.25) is 0 Å². The van der Waals surface area contributed by atoms with Crippen LogP contribution in [0.1, 0.15) is 0 Å². The topological polar surface area (TPSA) is 17.8 Å². The molecule has 0 amide bonds. The molecule has 43 heavy (non-hydrogen) atoms. The van der Waals surface area contributed by atoms with Gasteiger partial charge in [0.15, 0.2) is 0 Å². The monoisotopic (exact) mass is 677 g/mol. The Morgan fingerprint density at radius 3 is 2.12 bits per heavy atom. The van der Waals surface area contributed by atoms with E-state index in [1.54, 1.807) is 0 Å². The van der Waals surface area contributed by atoms with Crippen LogP contribution in [0.25, 0.3) is 81.0 Å². The third-order valence-corrected chi connectivity index (χ3v) is 13.1. The number of pyridine rings is 1. The molecule has 0 unspecified atom stereocenters. The van der Waals surface area contributed by atoms with Crippen LogP contribution in [0.2, 0.25) is 0 Å². The van der Waals surface area contributed by atoms with Crippen molar-refractivity contribution in [3.63, 3.8) is 0 Å². The average Bonchev–Trinajstić information content (AvgIpc) is 3.75. The van der Waals surface area contributed by atoms with E-state index in [0.717, 1.165) is 11.5 Å². The minimum atomic E-state index is -0.323. The molecule has 0 N–H and O–H groups in total. The molecule has 4 heteroatoms. The molecule has 0 atom stereocenters. The molecule has 0 radical (unpaired) electrons. The summed E-state index contributed by atoms with van der Waals surface area (Å²) in [5.41, 5.74) is 7.46. The summed E-state index contributed by atoms with van der Waals surface area (Å²) < 4.78 is 8.00. The molecule has 0 saturated heterocycles. The van der Waals surface area contributed by atoms with E-state index in [4.69, 9.17) is 4.98 Å². The zero-order chi connectivity index (χ0) is 28.1. The fraction of sp³-hybridized carbons (Fsp3) is 0. The van der Waals surface area contributed by atoms with Gasteiger partial charge in [-0.05, 0) is 0 Å². The van der Waals surface area contributed by atoms with Gasteiger partial charge in [0.25, 0.3) is 0 Å². The van der Waals surface area contributed by atoms with Crippen molar-refractivity contribution in [2.45, 2.75) is 0 Å². The molecule has 0 fully saturated rings. The van der Waals surface area contributed by atoms with E-state index in [9.17, 15) is 0 Å². The van der Waals surface area contributed by atoms with Crippen LogP contribution < -0.4 is 21.2 Å². The van der Waals surface area contributed by atoms with Crippen molar-refractivity contribution in [3.8, 4) is 28.2 Å². The molecule has 2 nitrogen and oxygen atoms in total. The molecule has 1 aliphatic heterocycles. The second-order valence-electron chi connectivity index (χ2n) is 11.1. The Balaban J connectivity index is 1.43. The van der Waals surface area contributed by atoms with Gasteiger partial charge in [-0.15, -0.1) is 0 Å². The van der Waals surface area contributed by atoms with Gasteiger partial charge in [0.1, 0.15) is 0 Å². The number of nitrogens with zero attached hydrogens (tertiary/aromatic N) is 2. The van der Waals surface area contributed by atoms with Gasteiger partial charge in [-0.1, -0.05) is 0 Å². The number of halogens is 1. The molecule has 0 saturated carbocycles. The molecule has 1 aliphatic rings. The molecule has 9 aromatic rings. The maximum atomic E-state index is 5.58.